The summed E-state index contributed by atoms with van der Waals surface area (Å²) in [6, 6.07) is 8.25. The number of anilines is 1. The highest BCUT2D eigenvalue weighted by Gasteiger charge is 2.39. The average Bonchev–Trinajstić information content (AvgIpc) is 2.99. The molecule has 6 heteroatoms. The molecule has 0 radical (unpaired) electrons. The molecular weight excluding hydrogens is 338 g/mol. The summed E-state index contributed by atoms with van der Waals surface area (Å²) in [5, 5.41) is 7.65. The molecule has 0 spiro atoms. The van der Waals surface area contributed by atoms with E-state index in [1.165, 1.54) is 10.9 Å². The lowest BCUT2D eigenvalue weighted by Gasteiger charge is -2.35. The van der Waals surface area contributed by atoms with Crippen LogP contribution in [0.5, 0.6) is 0 Å². The zero-order valence-electron chi connectivity index (χ0n) is 15.0. The number of ether oxygens (including phenoxy) is 1. The number of amides is 1. The number of hydrogen-bond donors (Lipinski definition) is 2. The van der Waals surface area contributed by atoms with Gasteiger partial charge in [0.05, 0.1) is 17.5 Å². The number of rotatable bonds is 6. The van der Waals surface area contributed by atoms with E-state index >= 15 is 0 Å². The molecule has 5 nitrogen and oxygen atoms in total. The summed E-state index contributed by atoms with van der Waals surface area (Å²) in [7, 11) is 1.67. The number of nitrogens with zero attached hydrogens (tertiary/aromatic N) is 1. The van der Waals surface area contributed by atoms with Gasteiger partial charge in [-0.25, -0.2) is 0 Å². The van der Waals surface area contributed by atoms with Crippen LogP contribution in [0.3, 0.4) is 0 Å². The highest BCUT2D eigenvalue weighted by atomic mass is 35.5. The van der Waals surface area contributed by atoms with Crippen LogP contribution in [-0.4, -0.2) is 37.3 Å². The quantitative estimate of drug-likeness (QED) is 0.824. The van der Waals surface area contributed by atoms with Crippen LogP contribution in [0.15, 0.2) is 30.5 Å². The van der Waals surface area contributed by atoms with Gasteiger partial charge >= 0.3 is 0 Å². The number of nitrogens with one attached hydrogen (secondary N) is 2. The minimum Gasteiger partial charge on any atom is -0.384 e. The number of halogens is 1. The van der Waals surface area contributed by atoms with Crippen molar-refractivity contribution in [2.45, 2.75) is 32.7 Å². The van der Waals surface area contributed by atoms with E-state index in [1.54, 1.807) is 7.11 Å². The standard InChI is InChI=1S/C19H27N3O2.ClH/c1-3-11-22-12-6-15-4-5-16(13-17(15)22)21-18(23)19(14-24-2)7-9-20-10-8-19;/h4-6,12-13,20H,3,7-11,14H2,1-2H3,(H,21,23);1H. The van der Waals surface area contributed by atoms with Crippen molar-refractivity contribution in [1.29, 1.82) is 0 Å². The van der Waals surface area contributed by atoms with Crippen LogP contribution in [0.25, 0.3) is 10.9 Å². The normalized spacial score (nSPS) is 16.4. The van der Waals surface area contributed by atoms with Crippen molar-refractivity contribution in [2.75, 3.05) is 32.1 Å². The van der Waals surface area contributed by atoms with Crippen LogP contribution in [-0.2, 0) is 16.1 Å². The van der Waals surface area contributed by atoms with Gasteiger partial charge < -0.3 is 19.9 Å². The second-order valence-electron chi connectivity index (χ2n) is 6.70. The number of hydrogen-bond acceptors (Lipinski definition) is 3. The Bertz CT molecular complexity index is 702. The highest BCUT2D eigenvalue weighted by molar-refractivity contribution is 5.97. The molecule has 0 aliphatic carbocycles. The predicted octanol–water partition coefficient (Wildman–Crippen LogP) is 3.43. The minimum atomic E-state index is -0.430. The van der Waals surface area contributed by atoms with E-state index in [2.05, 4.69) is 46.5 Å². The van der Waals surface area contributed by atoms with E-state index in [4.69, 9.17) is 4.74 Å². The summed E-state index contributed by atoms with van der Waals surface area (Å²) in [4.78, 5) is 12.9. The molecule has 3 rings (SSSR count). The van der Waals surface area contributed by atoms with Gasteiger partial charge in [-0.2, -0.15) is 0 Å². The number of carbonyl (C=O) groups excluding carboxylic acids is 1. The molecule has 1 aromatic heterocycles. The zero-order chi connectivity index (χ0) is 17.0. The first-order valence-corrected chi connectivity index (χ1v) is 8.78. The number of benzene rings is 1. The third kappa shape index (κ3) is 4.17. The first kappa shape index (κ1) is 19.8. The van der Waals surface area contributed by atoms with E-state index in [9.17, 15) is 4.79 Å². The van der Waals surface area contributed by atoms with Gasteiger partial charge in [0.15, 0.2) is 0 Å². The smallest absolute Gasteiger partial charge is 0.233 e. The molecule has 0 atom stereocenters. The average molecular weight is 366 g/mol. The van der Waals surface area contributed by atoms with Gasteiger partial charge in [0.1, 0.15) is 0 Å². The number of aromatic nitrogens is 1. The van der Waals surface area contributed by atoms with Crippen molar-refractivity contribution in [1.82, 2.24) is 9.88 Å². The van der Waals surface area contributed by atoms with Crippen molar-refractivity contribution < 1.29 is 9.53 Å². The Labute approximate surface area is 155 Å². The Balaban J connectivity index is 0.00000225. The second-order valence-corrected chi connectivity index (χ2v) is 6.70. The molecule has 0 unspecified atom stereocenters. The Kier molecular flexibility index (Phi) is 6.87. The molecule has 0 saturated carbocycles. The van der Waals surface area contributed by atoms with Gasteiger partial charge in [-0.3, -0.25) is 4.79 Å². The van der Waals surface area contributed by atoms with Crippen molar-refractivity contribution in [3.8, 4) is 0 Å². The number of methoxy groups -OCH3 is 1. The molecule has 2 heterocycles. The number of piperidine rings is 1. The Hall–Kier alpha value is -1.56. The fourth-order valence-electron chi connectivity index (χ4n) is 3.58. The summed E-state index contributed by atoms with van der Waals surface area (Å²) < 4.78 is 7.60. The maximum Gasteiger partial charge on any atom is 0.233 e. The third-order valence-electron chi connectivity index (χ3n) is 4.96. The van der Waals surface area contributed by atoms with E-state index in [0.717, 1.165) is 44.6 Å². The SMILES string of the molecule is CCCn1ccc2ccc(NC(=O)C3(COC)CCNCC3)cc21.Cl. The molecule has 25 heavy (non-hydrogen) atoms. The van der Waals surface area contributed by atoms with E-state index < -0.39 is 5.41 Å². The molecule has 0 bridgehead atoms. The molecule has 1 fully saturated rings. The maximum atomic E-state index is 12.9. The van der Waals surface area contributed by atoms with Gasteiger partial charge in [0.25, 0.3) is 0 Å². The zero-order valence-corrected chi connectivity index (χ0v) is 15.8. The lowest BCUT2D eigenvalue weighted by atomic mass is 9.78. The van der Waals surface area contributed by atoms with E-state index in [0.29, 0.717) is 6.61 Å². The van der Waals surface area contributed by atoms with Crippen molar-refractivity contribution in [2.24, 2.45) is 5.41 Å². The number of carbonyl (C=O) groups is 1. The maximum absolute atomic E-state index is 12.9. The van der Waals surface area contributed by atoms with Crippen LogP contribution < -0.4 is 10.6 Å². The molecule has 1 aliphatic heterocycles. The molecule has 1 aliphatic rings. The summed E-state index contributed by atoms with van der Waals surface area (Å²) in [6.07, 6.45) is 4.81. The molecule has 1 saturated heterocycles. The van der Waals surface area contributed by atoms with Crippen molar-refractivity contribution in [3.63, 3.8) is 0 Å². The molecule has 2 aromatic rings. The van der Waals surface area contributed by atoms with Gasteiger partial charge in [0, 0.05) is 25.5 Å². The van der Waals surface area contributed by atoms with Crippen LogP contribution in [0.4, 0.5) is 5.69 Å². The first-order valence-electron chi connectivity index (χ1n) is 8.78. The first-order chi connectivity index (χ1) is 11.7. The van der Waals surface area contributed by atoms with Crippen LogP contribution in [0.2, 0.25) is 0 Å². The summed E-state index contributed by atoms with van der Waals surface area (Å²) >= 11 is 0. The molecule has 1 aromatic carbocycles. The lowest BCUT2D eigenvalue weighted by molar-refractivity contribution is -0.130. The monoisotopic (exact) mass is 365 g/mol. The lowest BCUT2D eigenvalue weighted by Crippen LogP contribution is -2.47. The fraction of sp³-hybridized carbons (Fsp3) is 0.526. The second kappa shape index (κ2) is 8.70. The van der Waals surface area contributed by atoms with Crippen molar-refractivity contribution in [3.05, 3.63) is 30.5 Å². The van der Waals surface area contributed by atoms with E-state index in [1.807, 2.05) is 6.07 Å². The summed E-state index contributed by atoms with van der Waals surface area (Å²) in [5.74, 6) is 0.0683. The largest absolute Gasteiger partial charge is 0.384 e. The van der Waals surface area contributed by atoms with Gasteiger partial charge in [-0.1, -0.05) is 13.0 Å². The molecule has 1 amide bonds. The van der Waals surface area contributed by atoms with Crippen molar-refractivity contribution >= 4 is 34.9 Å². The van der Waals surface area contributed by atoms with Crippen LogP contribution >= 0.6 is 12.4 Å². The van der Waals surface area contributed by atoms with Gasteiger partial charge in [0.2, 0.25) is 5.91 Å². The Morgan fingerprint density at radius 2 is 2.08 bits per heavy atom. The third-order valence-corrected chi connectivity index (χ3v) is 4.96. The number of fused-ring (bicyclic) bond motifs is 1. The fourth-order valence-corrected chi connectivity index (χ4v) is 3.58. The Morgan fingerprint density at radius 1 is 1.32 bits per heavy atom. The highest BCUT2D eigenvalue weighted by Crippen LogP contribution is 2.31. The molecule has 138 valence electrons. The minimum absolute atomic E-state index is 0. The predicted molar refractivity (Wildman–Crippen MR) is 105 cm³/mol. The van der Waals surface area contributed by atoms with Crippen LogP contribution in [0.1, 0.15) is 26.2 Å². The Morgan fingerprint density at radius 3 is 2.76 bits per heavy atom. The number of aryl methyl sites for hydroxylation is 1. The summed E-state index contributed by atoms with van der Waals surface area (Å²) in [6.45, 7) is 5.34. The topological polar surface area (TPSA) is 55.3 Å². The van der Waals surface area contributed by atoms with Gasteiger partial charge in [-0.05, 0) is 55.9 Å². The summed E-state index contributed by atoms with van der Waals surface area (Å²) in [5.41, 5.74) is 1.60. The molecule has 2 N–H and O–H groups in total. The van der Waals surface area contributed by atoms with Crippen LogP contribution in [0, 0.1) is 5.41 Å². The van der Waals surface area contributed by atoms with E-state index in [-0.39, 0.29) is 18.3 Å². The molecular formula is C19H28ClN3O2. The van der Waals surface area contributed by atoms with Gasteiger partial charge in [-0.15, -0.1) is 12.4 Å².